The van der Waals surface area contributed by atoms with Crippen LogP contribution < -0.4 is 10.6 Å². The Balaban J connectivity index is 1.15. The van der Waals surface area contributed by atoms with Crippen molar-refractivity contribution in [3.05, 3.63) is 153 Å². The highest BCUT2D eigenvalue weighted by molar-refractivity contribution is 6.34. The second kappa shape index (κ2) is 19.4. The number of halogens is 1. The lowest BCUT2D eigenvalue weighted by molar-refractivity contribution is 0.0367. The average Bonchev–Trinajstić information content (AvgIpc) is 3.27. The molecule has 0 radical (unpaired) electrons. The minimum atomic E-state index is -0.706. The summed E-state index contributed by atoms with van der Waals surface area (Å²) in [5.41, 5.74) is 3.54. The summed E-state index contributed by atoms with van der Waals surface area (Å²) in [5.74, 6) is -3.29. The number of hydrogen-bond donors (Lipinski definition) is 4. The summed E-state index contributed by atoms with van der Waals surface area (Å²) in [6.07, 6.45) is -0.635. The van der Waals surface area contributed by atoms with Gasteiger partial charge in [0.2, 0.25) is 0 Å². The number of hydrogen-bond acceptors (Lipinski definition) is 12. The molecule has 7 rings (SSSR count). The number of carbonyl (C=O) groups excluding carboxylic acids is 4. The normalized spacial score (nSPS) is 11.5. The summed E-state index contributed by atoms with van der Waals surface area (Å²) in [4.78, 5) is 53.0. The average molecular weight is 905 g/mol. The molecule has 334 valence electrons. The number of benzene rings is 7. The van der Waals surface area contributed by atoms with E-state index in [-0.39, 0.29) is 62.2 Å². The molecule has 0 saturated carbocycles. The highest BCUT2D eigenvalue weighted by Gasteiger charge is 2.23. The molecule has 0 unspecified atom stereocenters. The van der Waals surface area contributed by atoms with Crippen LogP contribution in [0.5, 0.6) is 11.5 Å². The Morgan fingerprint density at radius 2 is 0.955 bits per heavy atom. The first kappa shape index (κ1) is 46.0. The number of nitrogens with zero attached hydrogens (tertiary/aromatic N) is 4. The molecule has 0 bridgehead atoms. The summed E-state index contributed by atoms with van der Waals surface area (Å²) in [6.45, 7) is 12.3. The summed E-state index contributed by atoms with van der Waals surface area (Å²) in [6, 6.07) is 30.0. The van der Waals surface area contributed by atoms with E-state index in [0.717, 1.165) is 0 Å². The minimum Gasteiger partial charge on any atom is -0.505 e. The number of aryl methyl sites for hydroxylation is 3. The van der Waals surface area contributed by atoms with Gasteiger partial charge in [0.25, 0.3) is 11.8 Å². The molecule has 0 fully saturated rings. The van der Waals surface area contributed by atoms with E-state index in [9.17, 15) is 29.4 Å². The Morgan fingerprint density at radius 1 is 0.530 bits per heavy atom. The van der Waals surface area contributed by atoms with E-state index in [2.05, 4.69) is 31.1 Å². The van der Waals surface area contributed by atoms with Crippen LogP contribution in [0, 0.1) is 20.8 Å². The molecule has 66 heavy (non-hydrogen) atoms. The third kappa shape index (κ3) is 10.0. The molecular formula is C51H45ClN6O8. The number of phenols is 2. The molecule has 0 spiro atoms. The number of anilines is 2. The van der Waals surface area contributed by atoms with Crippen molar-refractivity contribution < 1.29 is 38.9 Å². The van der Waals surface area contributed by atoms with E-state index in [4.69, 9.17) is 21.1 Å². The zero-order valence-corrected chi connectivity index (χ0v) is 37.8. The molecule has 0 atom stereocenters. The van der Waals surface area contributed by atoms with Crippen molar-refractivity contribution in [1.29, 1.82) is 0 Å². The van der Waals surface area contributed by atoms with Gasteiger partial charge in [0.1, 0.15) is 11.4 Å². The molecule has 4 N–H and O–H groups in total. The van der Waals surface area contributed by atoms with Crippen LogP contribution in [0.2, 0.25) is 5.02 Å². The molecule has 0 aliphatic heterocycles. The number of aromatic hydroxyl groups is 2. The van der Waals surface area contributed by atoms with E-state index < -0.39 is 35.3 Å². The van der Waals surface area contributed by atoms with Crippen molar-refractivity contribution in [2.24, 2.45) is 20.5 Å². The molecule has 15 heteroatoms. The van der Waals surface area contributed by atoms with Gasteiger partial charge in [0.15, 0.2) is 11.5 Å². The van der Waals surface area contributed by atoms with Crippen LogP contribution in [-0.4, -0.2) is 46.2 Å². The lowest BCUT2D eigenvalue weighted by atomic mass is 10.0. The van der Waals surface area contributed by atoms with E-state index in [1.54, 1.807) is 139 Å². The summed E-state index contributed by atoms with van der Waals surface area (Å²) >= 11 is 6.72. The number of amides is 2. The largest absolute Gasteiger partial charge is 0.505 e. The van der Waals surface area contributed by atoms with Crippen molar-refractivity contribution in [2.45, 2.75) is 60.7 Å². The van der Waals surface area contributed by atoms with Crippen molar-refractivity contribution in [2.75, 3.05) is 10.6 Å². The maximum Gasteiger partial charge on any atom is 0.338 e. The Morgan fingerprint density at radius 3 is 1.39 bits per heavy atom. The fraction of sp³-hybridized carbons (Fsp3) is 0.176. The quantitative estimate of drug-likeness (QED) is 0.0685. The van der Waals surface area contributed by atoms with Gasteiger partial charge in [-0.05, 0) is 124 Å². The second-order valence-corrected chi connectivity index (χ2v) is 16.5. The Labute approximate surface area is 385 Å². The van der Waals surface area contributed by atoms with Crippen molar-refractivity contribution in [3.63, 3.8) is 0 Å². The topological polar surface area (TPSA) is 201 Å². The first-order valence-electron chi connectivity index (χ1n) is 20.9. The number of ether oxygens (including phenoxy) is 2. The van der Waals surface area contributed by atoms with E-state index in [0.29, 0.717) is 49.6 Å². The zero-order valence-electron chi connectivity index (χ0n) is 37.1. The fourth-order valence-corrected chi connectivity index (χ4v) is 7.15. The highest BCUT2D eigenvalue weighted by Crippen LogP contribution is 2.42. The second-order valence-electron chi connectivity index (χ2n) is 16.1. The first-order chi connectivity index (χ1) is 31.5. The molecule has 0 saturated heterocycles. The number of carbonyl (C=O) groups is 4. The van der Waals surface area contributed by atoms with Gasteiger partial charge in [-0.3, -0.25) is 9.59 Å². The number of fused-ring (bicyclic) bond motifs is 2. The van der Waals surface area contributed by atoms with Gasteiger partial charge in [-0.15, -0.1) is 10.2 Å². The molecule has 2 amide bonds. The van der Waals surface area contributed by atoms with Gasteiger partial charge >= 0.3 is 11.9 Å². The van der Waals surface area contributed by atoms with Gasteiger partial charge in [-0.2, -0.15) is 10.2 Å². The van der Waals surface area contributed by atoms with Crippen LogP contribution in [0.25, 0.3) is 21.5 Å². The van der Waals surface area contributed by atoms with E-state index >= 15 is 0 Å². The van der Waals surface area contributed by atoms with Crippen LogP contribution in [0.15, 0.2) is 130 Å². The standard InChI is InChI=1S/C51H45ClN6O8/c1-26(2)65-50(63)33-18-16-28(5)41(23-33)55-57-44-35-14-10-8-12-31(35)21-37(46(44)59)48(61)53-40-25-39(52)43(20-30(40)7)54-49(62)38-22-32-13-9-11-15-36(32)45(47(38)60)58-56-42-24-34(19-17-29(42)6)51(64)66-27(3)4/h8-27,59-60H,1-7H3,(H,53,61)(H,54,62). The fourth-order valence-electron chi connectivity index (χ4n) is 6.94. The number of nitrogens with one attached hydrogen (secondary N) is 2. The molecule has 0 aromatic heterocycles. The van der Waals surface area contributed by atoms with Crippen LogP contribution in [-0.2, 0) is 9.47 Å². The highest BCUT2D eigenvalue weighted by atomic mass is 35.5. The molecule has 7 aromatic carbocycles. The maximum absolute atomic E-state index is 13.9. The number of esters is 2. The molecule has 0 aliphatic rings. The van der Waals surface area contributed by atoms with Crippen LogP contribution in [0.1, 0.15) is 85.8 Å². The maximum atomic E-state index is 13.9. The Bertz CT molecular complexity index is 2950. The monoisotopic (exact) mass is 904 g/mol. The molecule has 7 aromatic rings. The summed E-state index contributed by atoms with van der Waals surface area (Å²) < 4.78 is 10.7. The van der Waals surface area contributed by atoms with Crippen molar-refractivity contribution in [1.82, 2.24) is 0 Å². The van der Waals surface area contributed by atoms with Crippen LogP contribution in [0.3, 0.4) is 0 Å². The van der Waals surface area contributed by atoms with Gasteiger partial charge in [-0.1, -0.05) is 72.3 Å². The number of azo groups is 2. The van der Waals surface area contributed by atoms with E-state index in [1.807, 2.05) is 0 Å². The van der Waals surface area contributed by atoms with Gasteiger partial charge in [-0.25, -0.2) is 9.59 Å². The SMILES string of the molecule is Cc1ccc(C(=O)OC(C)C)cc1N=Nc1c(O)c(C(=O)Nc2cc(Cl)c(NC(=O)c3cc4ccccc4c(N=Nc4cc(C(=O)OC(C)C)ccc4C)c3O)cc2C)cc2ccccc12. The van der Waals surface area contributed by atoms with Gasteiger partial charge in [0.05, 0.1) is 56.5 Å². The smallest absolute Gasteiger partial charge is 0.338 e. The van der Waals surface area contributed by atoms with Crippen LogP contribution in [0.4, 0.5) is 34.1 Å². The van der Waals surface area contributed by atoms with Gasteiger partial charge < -0.3 is 30.3 Å². The van der Waals surface area contributed by atoms with Gasteiger partial charge in [0, 0.05) is 16.5 Å². The summed E-state index contributed by atoms with van der Waals surface area (Å²) in [7, 11) is 0. The molecular weight excluding hydrogens is 860 g/mol. The Hall–Kier alpha value is -7.97. The van der Waals surface area contributed by atoms with Crippen molar-refractivity contribution >= 4 is 91.0 Å². The lowest BCUT2D eigenvalue weighted by Gasteiger charge is -2.15. The van der Waals surface area contributed by atoms with E-state index in [1.165, 1.54) is 18.2 Å². The lowest BCUT2D eigenvalue weighted by Crippen LogP contribution is -2.15. The van der Waals surface area contributed by atoms with Crippen LogP contribution >= 0.6 is 11.6 Å². The molecule has 0 aliphatic carbocycles. The predicted octanol–water partition coefficient (Wildman–Crippen LogP) is 13.4. The first-order valence-corrected chi connectivity index (χ1v) is 21.3. The molecule has 0 heterocycles. The number of phenolic OH excluding ortho intramolecular Hbond substituents is 2. The number of rotatable bonds is 12. The third-order valence-corrected chi connectivity index (χ3v) is 10.7. The minimum absolute atomic E-state index is 0.0303. The summed E-state index contributed by atoms with van der Waals surface area (Å²) in [5, 5.41) is 48.5. The van der Waals surface area contributed by atoms with Crippen molar-refractivity contribution in [3.8, 4) is 11.5 Å². The third-order valence-electron chi connectivity index (χ3n) is 10.4. The molecule has 14 nitrogen and oxygen atoms in total. The predicted molar refractivity (Wildman–Crippen MR) is 255 cm³/mol. The zero-order chi connectivity index (χ0) is 47.4. The Kier molecular flexibility index (Phi) is 13.5.